The lowest BCUT2D eigenvalue weighted by molar-refractivity contribution is 0.0168. The summed E-state index contributed by atoms with van der Waals surface area (Å²) in [5, 5.41) is 6.33. The van der Waals surface area contributed by atoms with Crippen molar-refractivity contribution < 1.29 is 17.9 Å². The fourth-order valence-electron chi connectivity index (χ4n) is 2.14. The zero-order chi connectivity index (χ0) is 17.0. The first-order valence-corrected chi connectivity index (χ1v) is 9.99. The summed E-state index contributed by atoms with van der Waals surface area (Å²) in [7, 11) is -1.40. The van der Waals surface area contributed by atoms with Crippen molar-refractivity contribution in [2.45, 2.75) is 31.8 Å². The van der Waals surface area contributed by atoms with Gasteiger partial charge in [-0.05, 0) is 25.7 Å². The van der Waals surface area contributed by atoms with Crippen LogP contribution in [0, 0.1) is 0 Å². The molecule has 0 aromatic carbocycles. The highest BCUT2D eigenvalue weighted by Crippen LogP contribution is 2.11. The molecule has 0 aromatic heterocycles. The van der Waals surface area contributed by atoms with Crippen LogP contribution in [0.1, 0.15) is 25.7 Å². The molecule has 9 heteroatoms. The normalized spacial score (nSPS) is 19.0. The fraction of sp³-hybridized carbons (Fsp3) is 0.929. The van der Waals surface area contributed by atoms with Crippen LogP contribution in [0.4, 0.5) is 0 Å². The molecule has 0 amide bonds. The van der Waals surface area contributed by atoms with Gasteiger partial charge in [-0.15, -0.1) is 0 Å². The number of ether oxygens (including phenoxy) is 2. The van der Waals surface area contributed by atoms with E-state index in [9.17, 15) is 8.42 Å². The van der Waals surface area contributed by atoms with E-state index < -0.39 is 10.0 Å². The summed E-state index contributed by atoms with van der Waals surface area (Å²) in [6.45, 7) is 4.07. The van der Waals surface area contributed by atoms with Crippen LogP contribution < -0.4 is 15.4 Å². The number of aliphatic imine (C=N–C) groups is 1. The van der Waals surface area contributed by atoms with Crippen LogP contribution >= 0.6 is 0 Å². The molecule has 1 unspecified atom stereocenters. The Hall–Kier alpha value is -0.900. The minimum atomic E-state index is -3.11. The van der Waals surface area contributed by atoms with Gasteiger partial charge in [0.05, 0.1) is 19.0 Å². The maximum Gasteiger partial charge on any atom is 0.208 e. The molecule has 0 spiro atoms. The highest BCUT2D eigenvalue weighted by atomic mass is 32.2. The summed E-state index contributed by atoms with van der Waals surface area (Å²) in [6.07, 6.45) is 5.25. The number of sulfonamides is 1. The Morgan fingerprint density at radius 3 is 2.61 bits per heavy atom. The molecular formula is C14H30N4O4S. The zero-order valence-corrected chi connectivity index (χ0v) is 15.0. The standard InChI is InChI=1S/C14H30N4O4S/c1-15-14(16-7-4-9-18-23(2,19)20)17-8-5-10-21-12-13-6-3-11-22-13/h13,18H,3-12H2,1-2H3,(H2,15,16,17). The van der Waals surface area contributed by atoms with Crippen molar-refractivity contribution in [3.05, 3.63) is 0 Å². The summed E-state index contributed by atoms with van der Waals surface area (Å²) in [5.74, 6) is 0.712. The van der Waals surface area contributed by atoms with Gasteiger partial charge in [-0.2, -0.15) is 0 Å². The Labute approximate surface area is 139 Å². The van der Waals surface area contributed by atoms with Crippen molar-refractivity contribution in [2.24, 2.45) is 4.99 Å². The molecular weight excluding hydrogens is 320 g/mol. The number of rotatable bonds is 11. The van der Waals surface area contributed by atoms with Gasteiger partial charge in [0.25, 0.3) is 0 Å². The number of nitrogens with zero attached hydrogens (tertiary/aromatic N) is 1. The second-order valence-electron chi connectivity index (χ2n) is 5.51. The van der Waals surface area contributed by atoms with Crippen LogP contribution in [0.15, 0.2) is 4.99 Å². The number of nitrogens with one attached hydrogen (secondary N) is 3. The summed E-state index contributed by atoms with van der Waals surface area (Å²) in [4.78, 5) is 4.11. The van der Waals surface area contributed by atoms with Gasteiger partial charge in [0, 0.05) is 39.9 Å². The van der Waals surface area contributed by atoms with Gasteiger partial charge in [-0.1, -0.05) is 0 Å². The molecule has 0 bridgehead atoms. The van der Waals surface area contributed by atoms with E-state index in [-0.39, 0.29) is 6.10 Å². The molecule has 1 fully saturated rings. The van der Waals surface area contributed by atoms with E-state index in [0.717, 1.165) is 38.7 Å². The Kier molecular flexibility index (Phi) is 10.2. The van der Waals surface area contributed by atoms with Crippen LogP contribution in [0.25, 0.3) is 0 Å². The van der Waals surface area contributed by atoms with Crippen molar-refractivity contribution in [1.29, 1.82) is 0 Å². The summed E-state index contributed by atoms with van der Waals surface area (Å²) in [5.41, 5.74) is 0. The molecule has 1 rings (SSSR count). The predicted octanol–water partition coefficient (Wildman–Crippen LogP) is -0.324. The van der Waals surface area contributed by atoms with Gasteiger partial charge in [0.15, 0.2) is 5.96 Å². The minimum absolute atomic E-state index is 0.276. The molecule has 1 heterocycles. The van der Waals surface area contributed by atoms with Crippen LogP contribution in [0.5, 0.6) is 0 Å². The van der Waals surface area contributed by atoms with E-state index in [1.54, 1.807) is 7.05 Å². The first-order chi connectivity index (χ1) is 11.0. The van der Waals surface area contributed by atoms with Gasteiger partial charge in [-0.25, -0.2) is 13.1 Å². The topological polar surface area (TPSA) is 101 Å². The highest BCUT2D eigenvalue weighted by molar-refractivity contribution is 7.88. The molecule has 1 aliphatic heterocycles. The minimum Gasteiger partial charge on any atom is -0.379 e. The maximum absolute atomic E-state index is 10.9. The quantitative estimate of drug-likeness (QED) is 0.268. The average Bonchev–Trinajstić information content (AvgIpc) is 3.00. The lowest BCUT2D eigenvalue weighted by atomic mass is 10.2. The van der Waals surface area contributed by atoms with E-state index in [1.807, 2.05) is 0 Å². The van der Waals surface area contributed by atoms with E-state index in [0.29, 0.717) is 38.7 Å². The monoisotopic (exact) mass is 350 g/mol. The second kappa shape index (κ2) is 11.6. The smallest absolute Gasteiger partial charge is 0.208 e. The molecule has 8 nitrogen and oxygen atoms in total. The van der Waals surface area contributed by atoms with E-state index >= 15 is 0 Å². The van der Waals surface area contributed by atoms with Crippen molar-refractivity contribution in [2.75, 3.05) is 52.8 Å². The largest absolute Gasteiger partial charge is 0.379 e. The van der Waals surface area contributed by atoms with Gasteiger partial charge in [-0.3, -0.25) is 4.99 Å². The van der Waals surface area contributed by atoms with Gasteiger partial charge < -0.3 is 20.1 Å². The molecule has 23 heavy (non-hydrogen) atoms. The van der Waals surface area contributed by atoms with Gasteiger partial charge in [0.2, 0.25) is 10.0 Å². The Morgan fingerprint density at radius 1 is 1.26 bits per heavy atom. The molecule has 1 atom stereocenters. The Balaban J connectivity index is 1.94. The molecule has 0 radical (unpaired) electrons. The number of hydrogen-bond donors (Lipinski definition) is 3. The van der Waals surface area contributed by atoms with Gasteiger partial charge >= 0.3 is 0 Å². The maximum atomic E-state index is 10.9. The van der Waals surface area contributed by atoms with Crippen molar-refractivity contribution in [1.82, 2.24) is 15.4 Å². The van der Waals surface area contributed by atoms with E-state index in [4.69, 9.17) is 9.47 Å². The molecule has 0 aliphatic carbocycles. The summed E-state index contributed by atoms with van der Waals surface area (Å²) < 4.78 is 35.3. The van der Waals surface area contributed by atoms with Crippen molar-refractivity contribution in [3.8, 4) is 0 Å². The SMILES string of the molecule is CN=C(NCCCNS(C)(=O)=O)NCCCOCC1CCCO1. The molecule has 0 saturated carbocycles. The molecule has 3 N–H and O–H groups in total. The highest BCUT2D eigenvalue weighted by Gasteiger charge is 2.14. The van der Waals surface area contributed by atoms with E-state index in [2.05, 4.69) is 20.3 Å². The fourth-order valence-corrected chi connectivity index (χ4v) is 2.66. The van der Waals surface area contributed by atoms with Crippen LogP contribution in [0.3, 0.4) is 0 Å². The van der Waals surface area contributed by atoms with Crippen LogP contribution in [-0.4, -0.2) is 73.2 Å². The van der Waals surface area contributed by atoms with E-state index in [1.165, 1.54) is 0 Å². The Morgan fingerprint density at radius 2 is 2.00 bits per heavy atom. The summed E-state index contributed by atoms with van der Waals surface area (Å²) >= 11 is 0. The first kappa shape index (κ1) is 20.1. The lowest BCUT2D eigenvalue weighted by Gasteiger charge is -2.13. The third-order valence-corrected chi connectivity index (χ3v) is 4.05. The lowest BCUT2D eigenvalue weighted by Crippen LogP contribution is -2.39. The average molecular weight is 350 g/mol. The molecule has 136 valence electrons. The third-order valence-electron chi connectivity index (χ3n) is 3.32. The third kappa shape index (κ3) is 11.3. The van der Waals surface area contributed by atoms with Crippen LogP contribution in [0.2, 0.25) is 0 Å². The van der Waals surface area contributed by atoms with Crippen molar-refractivity contribution >= 4 is 16.0 Å². The molecule has 0 aromatic rings. The second-order valence-corrected chi connectivity index (χ2v) is 7.34. The number of hydrogen-bond acceptors (Lipinski definition) is 5. The summed E-state index contributed by atoms with van der Waals surface area (Å²) in [6, 6.07) is 0. The van der Waals surface area contributed by atoms with Crippen LogP contribution in [-0.2, 0) is 19.5 Å². The van der Waals surface area contributed by atoms with Crippen molar-refractivity contribution in [3.63, 3.8) is 0 Å². The number of guanidine groups is 1. The first-order valence-electron chi connectivity index (χ1n) is 8.10. The molecule has 1 saturated heterocycles. The predicted molar refractivity (Wildman–Crippen MR) is 91.2 cm³/mol. The van der Waals surface area contributed by atoms with Gasteiger partial charge in [0.1, 0.15) is 0 Å². The molecule has 1 aliphatic rings. The Bertz CT molecular complexity index is 436. The zero-order valence-electron chi connectivity index (χ0n) is 14.1.